The zero-order chi connectivity index (χ0) is 20.3. The summed E-state index contributed by atoms with van der Waals surface area (Å²) in [7, 11) is 0. The Labute approximate surface area is 167 Å². The summed E-state index contributed by atoms with van der Waals surface area (Å²) in [5.41, 5.74) is 2.18. The molecule has 0 bridgehead atoms. The minimum Gasteiger partial charge on any atom is -0.378 e. The van der Waals surface area contributed by atoms with Gasteiger partial charge in [0, 0.05) is 29.8 Å². The van der Waals surface area contributed by atoms with Gasteiger partial charge in [-0.05, 0) is 17.7 Å². The van der Waals surface area contributed by atoms with Gasteiger partial charge in [-0.15, -0.1) is 0 Å². The van der Waals surface area contributed by atoms with Gasteiger partial charge in [-0.3, -0.25) is 0 Å². The van der Waals surface area contributed by atoms with Crippen molar-refractivity contribution in [3.05, 3.63) is 78.0 Å². The topological polar surface area (TPSA) is 29.2 Å². The Morgan fingerprint density at radius 3 is 2.28 bits per heavy atom. The highest BCUT2D eigenvalue weighted by atomic mass is 19.4. The van der Waals surface area contributed by atoms with Gasteiger partial charge in [-0.25, -0.2) is 0 Å². The number of morpholine rings is 1. The van der Waals surface area contributed by atoms with E-state index in [0.717, 1.165) is 47.7 Å². The molecule has 0 spiro atoms. The highest BCUT2D eigenvalue weighted by Crippen LogP contribution is 2.29. The Balaban J connectivity index is 1.66. The van der Waals surface area contributed by atoms with E-state index < -0.39 is 11.7 Å². The van der Waals surface area contributed by atoms with Crippen LogP contribution in [0.2, 0.25) is 0 Å². The molecule has 2 aromatic carbocycles. The van der Waals surface area contributed by atoms with E-state index in [1.807, 2.05) is 42.6 Å². The lowest BCUT2D eigenvalue weighted by atomic mass is 10.1. The summed E-state index contributed by atoms with van der Waals surface area (Å²) in [5.74, 6) is 0.835. The van der Waals surface area contributed by atoms with Crippen LogP contribution in [0, 0.1) is 0 Å². The molecule has 4 nitrogen and oxygen atoms in total. The third-order valence-corrected chi connectivity index (χ3v) is 4.87. The first-order valence-electron chi connectivity index (χ1n) is 9.45. The maximum absolute atomic E-state index is 12.8. The van der Waals surface area contributed by atoms with Crippen molar-refractivity contribution in [2.75, 3.05) is 31.2 Å². The van der Waals surface area contributed by atoms with Crippen molar-refractivity contribution in [3.8, 4) is 11.1 Å². The van der Waals surface area contributed by atoms with Gasteiger partial charge in [0.2, 0.25) is 6.20 Å². The number of benzene rings is 2. The van der Waals surface area contributed by atoms with E-state index in [2.05, 4.69) is 4.90 Å². The van der Waals surface area contributed by atoms with Crippen LogP contribution in [0.3, 0.4) is 0 Å². The number of rotatable bonds is 4. The van der Waals surface area contributed by atoms with Crippen molar-refractivity contribution in [1.82, 2.24) is 5.10 Å². The van der Waals surface area contributed by atoms with Crippen LogP contribution in [-0.4, -0.2) is 31.4 Å². The van der Waals surface area contributed by atoms with Crippen molar-refractivity contribution in [2.45, 2.75) is 12.7 Å². The molecular weight excluding hydrogens is 379 g/mol. The number of hydrogen-bond donors (Lipinski definition) is 0. The van der Waals surface area contributed by atoms with E-state index in [-0.39, 0.29) is 0 Å². The SMILES string of the molecule is FC(F)(F)c1ccc(C[n+]2cc(-c3ccccc3)cc(N3CCOCC3)n2)cc1. The van der Waals surface area contributed by atoms with Crippen molar-refractivity contribution < 1.29 is 22.6 Å². The fraction of sp³-hybridized carbons (Fsp3) is 0.273. The Kier molecular flexibility index (Phi) is 5.49. The minimum atomic E-state index is -4.33. The number of ether oxygens (including phenoxy) is 1. The van der Waals surface area contributed by atoms with Crippen molar-refractivity contribution in [3.63, 3.8) is 0 Å². The molecule has 1 saturated heterocycles. The van der Waals surface area contributed by atoms with Crippen LogP contribution in [0.15, 0.2) is 66.9 Å². The van der Waals surface area contributed by atoms with Crippen molar-refractivity contribution >= 4 is 5.82 Å². The fourth-order valence-corrected chi connectivity index (χ4v) is 3.33. The Morgan fingerprint density at radius 2 is 1.62 bits per heavy atom. The summed E-state index contributed by atoms with van der Waals surface area (Å²) in [6.45, 7) is 3.19. The predicted molar refractivity (Wildman–Crippen MR) is 103 cm³/mol. The Bertz CT molecular complexity index is 953. The van der Waals surface area contributed by atoms with E-state index in [4.69, 9.17) is 9.84 Å². The normalized spacial score (nSPS) is 14.8. The van der Waals surface area contributed by atoms with E-state index in [1.54, 1.807) is 4.68 Å². The Hall–Kier alpha value is -2.93. The van der Waals surface area contributed by atoms with Crippen LogP contribution in [0.1, 0.15) is 11.1 Å². The molecule has 0 N–H and O–H groups in total. The first-order valence-corrected chi connectivity index (χ1v) is 9.45. The molecule has 0 radical (unpaired) electrons. The van der Waals surface area contributed by atoms with E-state index in [1.165, 1.54) is 12.1 Å². The second kappa shape index (κ2) is 8.21. The molecule has 4 rings (SSSR count). The van der Waals surface area contributed by atoms with Gasteiger partial charge in [0.15, 0.2) is 12.4 Å². The van der Waals surface area contributed by atoms with Gasteiger partial charge < -0.3 is 9.64 Å². The quantitative estimate of drug-likeness (QED) is 0.622. The predicted octanol–water partition coefficient (Wildman–Crippen LogP) is 3.94. The molecule has 3 aromatic rings. The van der Waals surface area contributed by atoms with E-state index in [0.29, 0.717) is 19.8 Å². The van der Waals surface area contributed by atoms with Gasteiger partial charge in [0.05, 0.1) is 24.3 Å². The first kappa shape index (κ1) is 19.4. The van der Waals surface area contributed by atoms with Gasteiger partial charge >= 0.3 is 6.18 Å². The average Bonchev–Trinajstić information content (AvgIpc) is 2.74. The smallest absolute Gasteiger partial charge is 0.378 e. The van der Waals surface area contributed by atoms with Crippen LogP contribution in [0.25, 0.3) is 11.1 Å². The highest BCUT2D eigenvalue weighted by molar-refractivity contribution is 5.64. The number of halogens is 3. The molecule has 1 aliphatic rings. The standard InChI is InChI=1S/C22H21F3N3O/c23-22(24,25)20-8-6-17(7-9-20)15-28-16-19(18-4-2-1-3-5-18)14-21(26-28)27-10-12-29-13-11-27/h1-9,14,16H,10-13,15H2/q+1. The fourth-order valence-electron chi connectivity index (χ4n) is 3.33. The lowest BCUT2D eigenvalue weighted by molar-refractivity contribution is -0.744. The molecule has 0 amide bonds. The molecule has 0 saturated carbocycles. The lowest BCUT2D eigenvalue weighted by Gasteiger charge is -2.26. The van der Waals surface area contributed by atoms with Crippen LogP contribution in [-0.2, 0) is 17.5 Å². The molecule has 1 aliphatic heterocycles. The summed E-state index contributed by atoms with van der Waals surface area (Å²) >= 11 is 0. The monoisotopic (exact) mass is 400 g/mol. The summed E-state index contributed by atoms with van der Waals surface area (Å²) in [4.78, 5) is 2.17. The molecule has 1 aromatic heterocycles. The van der Waals surface area contributed by atoms with Crippen LogP contribution >= 0.6 is 0 Å². The zero-order valence-corrected chi connectivity index (χ0v) is 15.8. The number of aromatic nitrogens is 2. The summed E-state index contributed by atoms with van der Waals surface area (Å²) in [5, 5.41) is 4.71. The number of anilines is 1. The number of alkyl halides is 3. The molecule has 0 unspecified atom stereocenters. The molecule has 7 heteroatoms. The largest absolute Gasteiger partial charge is 0.416 e. The van der Waals surface area contributed by atoms with Crippen molar-refractivity contribution in [1.29, 1.82) is 0 Å². The van der Waals surface area contributed by atoms with Gasteiger partial charge in [-0.1, -0.05) is 47.1 Å². The molecule has 150 valence electrons. The number of nitrogens with zero attached hydrogens (tertiary/aromatic N) is 3. The van der Waals surface area contributed by atoms with Crippen molar-refractivity contribution in [2.24, 2.45) is 0 Å². The molecule has 0 aliphatic carbocycles. The summed E-state index contributed by atoms with van der Waals surface area (Å²) in [6, 6.07) is 17.2. The third-order valence-electron chi connectivity index (χ3n) is 4.87. The highest BCUT2D eigenvalue weighted by Gasteiger charge is 2.30. The van der Waals surface area contributed by atoms with Crippen LogP contribution in [0.5, 0.6) is 0 Å². The van der Waals surface area contributed by atoms with Gasteiger partial charge in [-0.2, -0.15) is 13.2 Å². The van der Waals surface area contributed by atoms with Crippen LogP contribution < -0.4 is 9.58 Å². The van der Waals surface area contributed by atoms with E-state index >= 15 is 0 Å². The van der Waals surface area contributed by atoms with Gasteiger partial charge in [0.25, 0.3) is 0 Å². The number of hydrogen-bond acceptors (Lipinski definition) is 3. The second-order valence-electron chi connectivity index (χ2n) is 6.94. The minimum absolute atomic E-state index is 0.385. The lowest BCUT2D eigenvalue weighted by Crippen LogP contribution is -2.43. The van der Waals surface area contributed by atoms with E-state index in [9.17, 15) is 13.2 Å². The first-order chi connectivity index (χ1) is 14.0. The molecule has 29 heavy (non-hydrogen) atoms. The summed E-state index contributed by atoms with van der Waals surface area (Å²) < 4.78 is 45.7. The molecule has 1 fully saturated rings. The average molecular weight is 400 g/mol. The maximum Gasteiger partial charge on any atom is 0.416 e. The molecular formula is C22H21F3N3O+. The zero-order valence-electron chi connectivity index (χ0n) is 15.8. The molecule has 2 heterocycles. The third kappa shape index (κ3) is 4.74. The maximum atomic E-state index is 12.8. The Morgan fingerprint density at radius 1 is 0.931 bits per heavy atom. The van der Waals surface area contributed by atoms with Crippen LogP contribution in [0.4, 0.5) is 19.0 Å². The second-order valence-corrected chi connectivity index (χ2v) is 6.94. The molecule has 0 atom stereocenters. The van der Waals surface area contributed by atoms with Gasteiger partial charge in [0.1, 0.15) is 0 Å². The summed E-state index contributed by atoms with van der Waals surface area (Å²) in [6.07, 6.45) is -2.41.